The molecule has 6 nitrogen and oxygen atoms in total. The molecule has 1 aliphatic carbocycles. The molecule has 2 aliphatic rings. The van der Waals surface area contributed by atoms with Crippen LogP contribution in [0.5, 0.6) is 0 Å². The van der Waals surface area contributed by atoms with Crippen LogP contribution >= 0.6 is 11.6 Å². The fourth-order valence-electron chi connectivity index (χ4n) is 4.97. The van der Waals surface area contributed by atoms with Gasteiger partial charge in [0.05, 0.1) is 12.1 Å². The molecule has 5 rings (SSSR count). The van der Waals surface area contributed by atoms with Gasteiger partial charge in [-0.1, -0.05) is 48.5 Å². The molecule has 0 radical (unpaired) electrons. The zero-order valence-electron chi connectivity index (χ0n) is 20.5. The third kappa shape index (κ3) is 6.07. The second kappa shape index (κ2) is 11.7. The van der Waals surface area contributed by atoms with Crippen LogP contribution in [0, 0.1) is 0 Å². The highest BCUT2D eigenvalue weighted by Gasteiger charge is 2.43. The Balaban J connectivity index is 0.980. The fraction of sp³-hybridized carbons (Fsp3) is 0.414. The summed E-state index contributed by atoms with van der Waals surface area (Å²) in [5.74, 6) is -0.618. The van der Waals surface area contributed by atoms with Gasteiger partial charge >= 0.3 is 0 Å². The summed E-state index contributed by atoms with van der Waals surface area (Å²) in [5, 5.41) is 9.06. The Morgan fingerprint density at radius 3 is 2.64 bits per heavy atom. The lowest BCUT2D eigenvalue weighted by atomic mass is 9.89. The topological polar surface area (TPSA) is 64.6 Å². The van der Waals surface area contributed by atoms with E-state index in [1.165, 1.54) is 0 Å². The molecule has 3 aromatic rings. The summed E-state index contributed by atoms with van der Waals surface area (Å²) >= 11 is 6.09. The van der Waals surface area contributed by atoms with Gasteiger partial charge < -0.3 is 15.4 Å². The van der Waals surface area contributed by atoms with Crippen LogP contribution in [-0.2, 0) is 14.5 Å². The number of hydrogen-bond donors (Lipinski definition) is 2. The maximum absolute atomic E-state index is 6.19. The molecule has 2 fully saturated rings. The Morgan fingerprint density at radius 2 is 1.86 bits per heavy atom. The number of nitrogens with zero attached hydrogens (tertiary/aromatic N) is 1. The number of anilines is 1. The molecule has 1 spiro atoms. The minimum Gasteiger partial charge on any atom is -0.384 e. The van der Waals surface area contributed by atoms with Crippen LogP contribution in [-0.4, -0.2) is 42.6 Å². The zero-order valence-corrected chi connectivity index (χ0v) is 21.3. The van der Waals surface area contributed by atoms with E-state index in [0.717, 1.165) is 79.3 Å². The number of ether oxygens (including phenoxy) is 1. The quantitative estimate of drug-likeness (QED) is 0.259. The Morgan fingerprint density at radius 1 is 1.06 bits per heavy atom. The summed E-state index contributed by atoms with van der Waals surface area (Å²) in [5.41, 5.74) is 3.95. The predicted octanol–water partition coefficient (Wildman–Crippen LogP) is 6.37. The molecule has 7 heteroatoms. The van der Waals surface area contributed by atoms with Gasteiger partial charge in [0.25, 0.3) is 0 Å². The van der Waals surface area contributed by atoms with Gasteiger partial charge in [-0.25, -0.2) is 9.78 Å². The highest BCUT2D eigenvalue weighted by molar-refractivity contribution is 6.31. The largest absolute Gasteiger partial charge is 0.384 e. The molecule has 190 valence electrons. The molecule has 36 heavy (non-hydrogen) atoms. The van der Waals surface area contributed by atoms with Crippen molar-refractivity contribution in [2.75, 3.05) is 25.0 Å². The molecular weight excluding hydrogens is 474 g/mol. The lowest BCUT2D eigenvalue weighted by molar-refractivity contribution is -0.483. The molecule has 1 aromatic heterocycles. The Hall–Kier alpha value is -2.48. The van der Waals surface area contributed by atoms with E-state index in [1.807, 2.05) is 60.8 Å². The van der Waals surface area contributed by atoms with E-state index < -0.39 is 5.79 Å². The average molecular weight is 508 g/mol. The number of hydrogen-bond acceptors (Lipinski definition) is 6. The number of halogens is 1. The molecule has 0 bridgehead atoms. The SMILES string of the molecule is C=C(c1ccccc1)C1COC2(CCC(NCCCCNc3ccnc4cc(Cl)ccc34)CC2)OO1. The fourth-order valence-corrected chi connectivity index (χ4v) is 5.13. The van der Waals surface area contributed by atoms with Gasteiger partial charge in [0, 0.05) is 47.7 Å². The minimum absolute atomic E-state index is 0.273. The number of pyridine rings is 1. The van der Waals surface area contributed by atoms with Crippen molar-refractivity contribution in [2.24, 2.45) is 0 Å². The van der Waals surface area contributed by atoms with Gasteiger partial charge in [0.15, 0.2) is 0 Å². The maximum Gasteiger partial charge on any atom is 0.201 e. The van der Waals surface area contributed by atoms with Gasteiger partial charge in [-0.05, 0) is 67.6 Å². The molecule has 1 atom stereocenters. The number of unbranched alkanes of at least 4 members (excludes halogenated alkanes) is 1. The average Bonchev–Trinajstić information content (AvgIpc) is 2.92. The lowest BCUT2D eigenvalue weighted by Gasteiger charge is -2.43. The van der Waals surface area contributed by atoms with Gasteiger partial charge in [0.2, 0.25) is 5.79 Å². The third-order valence-corrected chi connectivity index (χ3v) is 7.39. The number of rotatable bonds is 9. The molecule has 2 N–H and O–H groups in total. The second-order valence-corrected chi connectivity index (χ2v) is 10.1. The molecule has 1 saturated carbocycles. The van der Waals surface area contributed by atoms with Gasteiger partial charge in [-0.2, -0.15) is 0 Å². The Labute approximate surface area is 217 Å². The molecule has 1 unspecified atom stereocenters. The first-order valence-corrected chi connectivity index (χ1v) is 13.2. The van der Waals surface area contributed by atoms with E-state index in [-0.39, 0.29) is 6.10 Å². The smallest absolute Gasteiger partial charge is 0.201 e. The predicted molar refractivity (Wildman–Crippen MR) is 145 cm³/mol. The Bertz CT molecular complexity index is 1150. The summed E-state index contributed by atoms with van der Waals surface area (Å²) in [4.78, 5) is 16.0. The van der Waals surface area contributed by atoms with Crippen molar-refractivity contribution < 1.29 is 14.5 Å². The monoisotopic (exact) mass is 507 g/mol. The highest BCUT2D eigenvalue weighted by Crippen LogP contribution is 2.38. The van der Waals surface area contributed by atoms with Crippen LogP contribution in [0.2, 0.25) is 5.02 Å². The van der Waals surface area contributed by atoms with Crippen molar-refractivity contribution in [1.29, 1.82) is 0 Å². The van der Waals surface area contributed by atoms with E-state index in [0.29, 0.717) is 17.7 Å². The van der Waals surface area contributed by atoms with Crippen molar-refractivity contribution in [3.05, 3.63) is 78.0 Å². The van der Waals surface area contributed by atoms with Crippen molar-refractivity contribution >= 4 is 33.8 Å². The summed E-state index contributed by atoms with van der Waals surface area (Å²) in [6, 6.07) is 18.4. The van der Waals surface area contributed by atoms with E-state index in [9.17, 15) is 0 Å². The van der Waals surface area contributed by atoms with E-state index in [2.05, 4.69) is 22.2 Å². The summed E-state index contributed by atoms with van der Waals surface area (Å²) in [6.45, 7) is 6.57. The molecule has 1 saturated heterocycles. The van der Waals surface area contributed by atoms with E-state index in [1.54, 1.807) is 0 Å². The van der Waals surface area contributed by atoms with Crippen molar-refractivity contribution in [1.82, 2.24) is 10.3 Å². The second-order valence-electron chi connectivity index (χ2n) is 9.66. The van der Waals surface area contributed by atoms with E-state index in [4.69, 9.17) is 26.1 Å². The molecule has 0 amide bonds. The Kier molecular flexibility index (Phi) is 8.19. The number of nitrogens with one attached hydrogen (secondary N) is 2. The normalized spacial score (nSPS) is 24.1. The number of aromatic nitrogens is 1. The molecule has 2 heterocycles. The first kappa shape index (κ1) is 25.2. The summed E-state index contributed by atoms with van der Waals surface area (Å²) < 4.78 is 6.19. The number of benzene rings is 2. The number of fused-ring (bicyclic) bond motifs is 1. The highest BCUT2D eigenvalue weighted by atomic mass is 35.5. The van der Waals surface area contributed by atoms with Crippen molar-refractivity contribution in [2.45, 2.75) is 56.5 Å². The lowest BCUT2D eigenvalue weighted by Crippen LogP contribution is -2.50. The standard InChI is InChI=1S/C29H34ClN3O3/c1-21(22-7-3-2-4-8-22)28-20-34-29(36-35-28)14-11-24(12-15-29)31-16-5-6-17-32-26-13-18-33-27-19-23(30)9-10-25(26)27/h2-4,7-10,13,18-19,24,28,31H,1,5-6,11-12,14-17,20H2,(H,32,33). The maximum atomic E-state index is 6.19. The van der Waals surface area contributed by atoms with Gasteiger partial charge in [-0.15, -0.1) is 0 Å². The van der Waals surface area contributed by atoms with Crippen LogP contribution < -0.4 is 10.6 Å². The van der Waals surface area contributed by atoms with Crippen molar-refractivity contribution in [3.63, 3.8) is 0 Å². The third-order valence-electron chi connectivity index (χ3n) is 7.15. The summed E-state index contributed by atoms with van der Waals surface area (Å²) in [7, 11) is 0. The van der Waals surface area contributed by atoms with Crippen LogP contribution in [0.25, 0.3) is 16.5 Å². The molecule has 1 aliphatic heterocycles. The van der Waals surface area contributed by atoms with Gasteiger partial charge in [0.1, 0.15) is 6.10 Å². The first-order chi connectivity index (χ1) is 17.6. The van der Waals surface area contributed by atoms with Crippen LogP contribution in [0.15, 0.2) is 67.4 Å². The molecular formula is C29H34ClN3O3. The van der Waals surface area contributed by atoms with E-state index >= 15 is 0 Å². The van der Waals surface area contributed by atoms with Crippen LogP contribution in [0.4, 0.5) is 5.69 Å². The van der Waals surface area contributed by atoms with Crippen LogP contribution in [0.1, 0.15) is 44.1 Å². The van der Waals surface area contributed by atoms with Crippen LogP contribution in [0.3, 0.4) is 0 Å². The van der Waals surface area contributed by atoms with Crippen molar-refractivity contribution in [3.8, 4) is 0 Å². The summed E-state index contributed by atoms with van der Waals surface area (Å²) in [6.07, 6.45) is 7.44. The van der Waals surface area contributed by atoms with Gasteiger partial charge in [-0.3, -0.25) is 4.98 Å². The zero-order chi connectivity index (χ0) is 24.8. The molecule has 2 aromatic carbocycles. The minimum atomic E-state index is -0.618. The first-order valence-electron chi connectivity index (χ1n) is 12.9.